The van der Waals surface area contributed by atoms with Crippen molar-refractivity contribution < 1.29 is 18.0 Å². The number of piperidine rings is 1. The van der Waals surface area contributed by atoms with E-state index in [0.29, 0.717) is 17.2 Å². The van der Waals surface area contributed by atoms with Crippen LogP contribution in [0.1, 0.15) is 78.7 Å². The second-order valence-corrected chi connectivity index (χ2v) is 12.3. The second-order valence-electron chi connectivity index (χ2n) is 9.18. The Kier molecular flexibility index (Phi) is 14.9. The normalized spacial score (nSPS) is 15.5. The lowest BCUT2D eigenvalue weighted by molar-refractivity contribution is -0.115. The Balaban J connectivity index is 0.00000133. The van der Waals surface area contributed by atoms with Gasteiger partial charge in [0.25, 0.3) is 0 Å². The number of likely N-dealkylation sites (tertiary alicyclic amines) is 1. The molecule has 1 aromatic rings. The molecule has 6 nitrogen and oxygen atoms in total. The van der Waals surface area contributed by atoms with Gasteiger partial charge in [-0.2, -0.15) is 4.31 Å². The van der Waals surface area contributed by atoms with Crippen molar-refractivity contribution in [1.82, 2.24) is 9.21 Å². The highest BCUT2D eigenvalue weighted by Gasteiger charge is 2.30. The molecule has 194 valence electrons. The molecule has 1 aromatic carbocycles. The number of ketones is 1. The number of nitrogens with zero attached hydrogens (tertiary/aromatic N) is 2. The number of unbranched alkanes of at least 4 members (excludes halogenated alkanes) is 2. The second kappa shape index (κ2) is 16.5. The topological polar surface area (TPSA) is 74.8 Å². The Labute approximate surface area is 211 Å². The van der Waals surface area contributed by atoms with Crippen molar-refractivity contribution in [3.05, 3.63) is 29.8 Å². The third kappa shape index (κ3) is 12.0. The molecular formula is C26H44N2O4S2. The third-order valence-electron chi connectivity index (χ3n) is 5.70. The third-order valence-corrected chi connectivity index (χ3v) is 8.79. The molecular weight excluding hydrogens is 468 g/mol. The van der Waals surface area contributed by atoms with Gasteiger partial charge in [0.1, 0.15) is 5.78 Å². The van der Waals surface area contributed by atoms with Crippen molar-refractivity contribution in [2.75, 3.05) is 31.9 Å². The van der Waals surface area contributed by atoms with Crippen molar-refractivity contribution in [2.24, 2.45) is 0 Å². The fraction of sp³-hybridized carbons (Fsp3) is 0.692. The number of carbonyl (C=O) groups excluding carboxylic acids is 2. The van der Waals surface area contributed by atoms with Gasteiger partial charge in [0.15, 0.2) is 5.12 Å². The summed E-state index contributed by atoms with van der Waals surface area (Å²) in [6.07, 6.45) is 8.10. The van der Waals surface area contributed by atoms with E-state index in [4.69, 9.17) is 0 Å². The molecule has 8 heteroatoms. The van der Waals surface area contributed by atoms with Crippen molar-refractivity contribution in [2.45, 2.75) is 90.5 Å². The van der Waals surface area contributed by atoms with E-state index in [1.807, 2.05) is 19.1 Å². The lowest BCUT2D eigenvalue weighted by Crippen LogP contribution is -2.45. The molecule has 0 aliphatic carbocycles. The summed E-state index contributed by atoms with van der Waals surface area (Å²) in [5.74, 6) is 0.643. The summed E-state index contributed by atoms with van der Waals surface area (Å²) in [6, 6.07) is 7.14. The molecule has 2 rings (SSSR count). The lowest BCUT2D eigenvalue weighted by Gasteiger charge is -2.32. The van der Waals surface area contributed by atoms with Gasteiger partial charge < -0.3 is 9.69 Å². The van der Waals surface area contributed by atoms with E-state index < -0.39 is 10.0 Å². The van der Waals surface area contributed by atoms with Crippen molar-refractivity contribution in [3.8, 4) is 0 Å². The van der Waals surface area contributed by atoms with E-state index in [1.54, 1.807) is 16.4 Å². The van der Waals surface area contributed by atoms with Crippen LogP contribution in [-0.4, -0.2) is 66.5 Å². The van der Waals surface area contributed by atoms with Crippen LogP contribution in [-0.2, 0) is 26.0 Å². The number of hydrogen-bond donors (Lipinski definition) is 0. The number of aryl methyl sites for hydroxylation is 1. The molecule has 1 fully saturated rings. The van der Waals surface area contributed by atoms with Crippen LogP contribution in [0.2, 0.25) is 0 Å². The highest BCUT2D eigenvalue weighted by atomic mass is 32.2. The maximum Gasteiger partial charge on any atom is 0.243 e. The molecule has 0 unspecified atom stereocenters. The Bertz CT molecular complexity index is 831. The van der Waals surface area contributed by atoms with Crippen LogP contribution in [0.15, 0.2) is 29.2 Å². The monoisotopic (exact) mass is 512 g/mol. The summed E-state index contributed by atoms with van der Waals surface area (Å²) >= 11 is 1.20. The Hall–Kier alpha value is -1.22. The molecule has 1 heterocycles. The highest BCUT2D eigenvalue weighted by Crippen LogP contribution is 2.22. The number of thioether (sulfide) groups is 1. The minimum absolute atomic E-state index is 0.0201. The van der Waals surface area contributed by atoms with Crippen LogP contribution < -0.4 is 0 Å². The Morgan fingerprint density at radius 2 is 1.62 bits per heavy atom. The van der Waals surface area contributed by atoms with Crippen LogP contribution in [0.25, 0.3) is 0 Å². The number of sulfonamides is 1. The van der Waals surface area contributed by atoms with Crippen LogP contribution in [0.3, 0.4) is 0 Å². The zero-order valence-electron chi connectivity index (χ0n) is 21.7. The maximum atomic E-state index is 13.5. The van der Waals surface area contributed by atoms with Gasteiger partial charge in [-0.05, 0) is 77.2 Å². The van der Waals surface area contributed by atoms with E-state index in [-0.39, 0.29) is 16.9 Å². The van der Waals surface area contributed by atoms with Crippen LogP contribution >= 0.6 is 11.8 Å². The molecule has 0 bridgehead atoms. The molecule has 0 N–H and O–H groups in total. The van der Waals surface area contributed by atoms with E-state index >= 15 is 0 Å². The first kappa shape index (κ1) is 30.8. The first-order valence-corrected chi connectivity index (χ1v) is 14.9. The Morgan fingerprint density at radius 3 is 2.15 bits per heavy atom. The molecule has 0 spiro atoms. The molecule has 0 amide bonds. The van der Waals surface area contributed by atoms with Crippen molar-refractivity contribution in [1.29, 1.82) is 0 Å². The quantitative estimate of drug-likeness (QED) is 0.360. The summed E-state index contributed by atoms with van der Waals surface area (Å²) in [5, 5.41) is 0.0201. The fourth-order valence-corrected chi connectivity index (χ4v) is 6.24. The lowest BCUT2D eigenvalue weighted by atomic mass is 10.1. The fourth-order valence-electron chi connectivity index (χ4n) is 3.86. The molecule has 0 aromatic heterocycles. The van der Waals surface area contributed by atoms with Gasteiger partial charge in [-0.3, -0.25) is 4.79 Å². The minimum Gasteiger partial charge on any atom is -0.302 e. The molecule has 0 radical (unpaired) electrons. The molecule has 34 heavy (non-hydrogen) atoms. The minimum atomic E-state index is -3.61. The van der Waals surface area contributed by atoms with Crippen LogP contribution in [0, 0.1) is 0 Å². The number of hydrogen-bond acceptors (Lipinski definition) is 6. The molecule has 1 aliphatic heterocycles. The SMILES string of the molecule is CC(C)=O.CCCCCc1ccc(S(=O)(=O)N(CCN2CCCCC2)[C@H](C)CSC(C)=O)cc1. The average molecular weight is 513 g/mol. The van der Waals surface area contributed by atoms with E-state index in [2.05, 4.69) is 11.8 Å². The number of Topliss-reactive ketones (excluding diaryl/α,β-unsaturated/α-hetero) is 1. The van der Waals surface area contributed by atoms with Crippen molar-refractivity contribution >= 4 is 32.7 Å². The molecule has 1 aliphatic rings. The summed E-state index contributed by atoms with van der Waals surface area (Å²) < 4.78 is 28.6. The van der Waals surface area contributed by atoms with Gasteiger partial charge in [0, 0.05) is 31.8 Å². The van der Waals surface area contributed by atoms with Gasteiger partial charge >= 0.3 is 0 Å². The number of benzene rings is 1. The summed E-state index contributed by atoms with van der Waals surface area (Å²) in [5.41, 5.74) is 1.18. The first-order chi connectivity index (χ1) is 16.1. The zero-order chi connectivity index (χ0) is 25.6. The number of rotatable bonds is 12. The van der Waals surface area contributed by atoms with E-state index in [0.717, 1.165) is 32.5 Å². The average Bonchev–Trinajstić information content (AvgIpc) is 2.78. The van der Waals surface area contributed by atoms with Gasteiger partial charge in [0.2, 0.25) is 10.0 Å². The van der Waals surface area contributed by atoms with Crippen LogP contribution in [0.4, 0.5) is 0 Å². The van der Waals surface area contributed by atoms with Gasteiger partial charge in [-0.1, -0.05) is 50.1 Å². The summed E-state index contributed by atoms with van der Waals surface area (Å²) in [7, 11) is -3.61. The number of carbonyl (C=O) groups is 2. The smallest absolute Gasteiger partial charge is 0.243 e. The zero-order valence-corrected chi connectivity index (χ0v) is 23.3. The predicted octanol–water partition coefficient (Wildman–Crippen LogP) is 5.16. The maximum absolute atomic E-state index is 13.5. The summed E-state index contributed by atoms with van der Waals surface area (Å²) in [6.45, 7) is 11.9. The highest BCUT2D eigenvalue weighted by molar-refractivity contribution is 8.13. The molecule has 1 saturated heterocycles. The van der Waals surface area contributed by atoms with E-state index in [9.17, 15) is 18.0 Å². The van der Waals surface area contributed by atoms with E-state index in [1.165, 1.54) is 70.2 Å². The first-order valence-electron chi connectivity index (χ1n) is 12.5. The van der Waals surface area contributed by atoms with Crippen molar-refractivity contribution in [3.63, 3.8) is 0 Å². The van der Waals surface area contributed by atoms with Gasteiger partial charge in [-0.15, -0.1) is 0 Å². The molecule has 1 atom stereocenters. The predicted molar refractivity (Wildman–Crippen MR) is 143 cm³/mol. The molecule has 0 saturated carbocycles. The summed E-state index contributed by atoms with van der Waals surface area (Å²) in [4.78, 5) is 23.6. The van der Waals surface area contributed by atoms with Gasteiger partial charge in [0.05, 0.1) is 4.90 Å². The Morgan fingerprint density at radius 1 is 1.03 bits per heavy atom. The van der Waals surface area contributed by atoms with Crippen LogP contribution in [0.5, 0.6) is 0 Å². The van der Waals surface area contributed by atoms with Gasteiger partial charge in [-0.25, -0.2) is 8.42 Å². The largest absolute Gasteiger partial charge is 0.302 e. The standard InChI is InChI=1S/C23H38N2O3S2.C3H6O/c1-4-5-7-10-22-11-13-23(14-12-22)30(27,28)25(20(2)19-29-21(3)26)18-17-24-15-8-6-9-16-24;1-3(2)4/h11-14,20H,4-10,15-19H2,1-3H3;1-2H3/t20-;/m1./s1.